The molecule has 15 heavy (non-hydrogen) atoms. The van der Waals surface area contributed by atoms with Gasteiger partial charge in [-0.3, -0.25) is 0 Å². The highest BCUT2D eigenvalue weighted by Gasteiger charge is 2.20. The minimum absolute atomic E-state index is 0.787. The lowest BCUT2D eigenvalue weighted by Crippen LogP contribution is -2.20. The van der Waals surface area contributed by atoms with Gasteiger partial charge in [-0.1, -0.05) is 0 Å². The minimum atomic E-state index is 0.787. The van der Waals surface area contributed by atoms with Crippen LogP contribution in [0.3, 0.4) is 0 Å². The fraction of sp³-hybridized carbons (Fsp3) is 0.636. The van der Waals surface area contributed by atoms with Crippen LogP contribution in [0.15, 0.2) is 18.6 Å². The van der Waals surface area contributed by atoms with Gasteiger partial charge in [-0.2, -0.15) is 0 Å². The highest BCUT2D eigenvalue weighted by Crippen LogP contribution is 2.28. The fourth-order valence-corrected chi connectivity index (χ4v) is 1.32. The Kier molecular flexibility index (Phi) is 4.05. The van der Waals surface area contributed by atoms with Crippen molar-refractivity contribution in [1.82, 2.24) is 15.3 Å². The summed E-state index contributed by atoms with van der Waals surface area (Å²) in [4.78, 5) is 7.99. The van der Waals surface area contributed by atoms with Crippen molar-refractivity contribution in [2.24, 2.45) is 5.92 Å². The Bertz CT molecular complexity index is 274. The van der Waals surface area contributed by atoms with Crippen molar-refractivity contribution < 1.29 is 4.74 Å². The molecule has 2 rings (SSSR count). The molecular weight excluding hydrogens is 190 g/mol. The molecule has 82 valence electrons. The van der Waals surface area contributed by atoms with E-state index in [9.17, 15) is 0 Å². The van der Waals surface area contributed by atoms with Crippen LogP contribution < -0.4 is 5.32 Å². The van der Waals surface area contributed by atoms with E-state index in [2.05, 4.69) is 15.3 Å². The van der Waals surface area contributed by atoms with Gasteiger partial charge in [0.2, 0.25) is 0 Å². The number of nitrogens with one attached hydrogen (secondary N) is 1. The van der Waals surface area contributed by atoms with Crippen LogP contribution in [0.2, 0.25) is 0 Å². The van der Waals surface area contributed by atoms with Crippen molar-refractivity contribution in [1.29, 1.82) is 0 Å². The van der Waals surface area contributed by atoms with Crippen molar-refractivity contribution in [2.75, 3.05) is 19.8 Å². The molecule has 0 aliphatic heterocycles. The zero-order valence-electron chi connectivity index (χ0n) is 8.85. The Hall–Kier alpha value is -1.00. The summed E-state index contributed by atoms with van der Waals surface area (Å²) in [5, 5.41) is 3.28. The smallest absolute Gasteiger partial charge is 0.115 e. The number of hydrogen-bond donors (Lipinski definition) is 1. The Morgan fingerprint density at radius 1 is 1.47 bits per heavy atom. The molecule has 0 aromatic carbocycles. The van der Waals surface area contributed by atoms with E-state index in [4.69, 9.17) is 4.74 Å². The third-order valence-electron chi connectivity index (χ3n) is 2.42. The van der Waals surface area contributed by atoms with Crippen LogP contribution in [0.4, 0.5) is 0 Å². The first-order valence-corrected chi connectivity index (χ1v) is 5.48. The molecule has 1 heterocycles. The second kappa shape index (κ2) is 5.78. The van der Waals surface area contributed by atoms with E-state index in [1.807, 2.05) is 6.07 Å². The highest BCUT2D eigenvalue weighted by molar-refractivity contribution is 4.96. The van der Waals surface area contributed by atoms with Gasteiger partial charge in [-0.25, -0.2) is 9.97 Å². The number of aromatic nitrogens is 2. The number of ether oxygens (including phenoxy) is 1. The number of rotatable bonds is 7. The lowest BCUT2D eigenvalue weighted by molar-refractivity contribution is 0.126. The van der Waals surface area contributed by atoms with E-state index in [0.717, 1.165) is 37.9 Å². The molecule has 0 spiro atoms. The van der Waals surface area contributed by atoms with E-state index in [1.165, 1.54) is 12.8 Å². The molecule has 1 saturated carbocycles. The van der Waals surface area contributed by atoms with Crippen molar-refractivity contribution >= 4 is 0 Å². The lowest BCUT2D eigenvalue weighted by Gasteiger charge is -2.04. The molecule has 0 unspecified atom stereocenters. The molecule has 0 bridgehead atoms. The van der Waals surface area contributed by atoms with Gasteiger partial charge in [0.1, 0.15) is 6.33 Å². The fourth-order valence-electron chi connectivity index (χ4n) is 1.32. The molecule has 0 saturated heterocycles. The molecule has 1 aromatic heterocycles. The molecule has 0 atom stereocenters. The van der Waals surface area contributed by atoms with Crippen LogP contribution in [0.25, 0.3) is 0 Å². The van der Waals surface area contributed by atoms with Gasteiger partial charge in [0.25, 0.3) is 0 Å². The Balaban J connectivity index is 1.47. The third kappa shape index (κ3) is 4.36. The van der Waals surface area contributed by atoms with Gasteiger partial charge in [0.05, 0.1) is 12.3 Å². The molecule has 1 aliphatic rings. The summed E-state index contributed by atoms with van der Waals surface area (Å²) < 4.78 is 5.50. The summed E-state index contributed by atoms with van der Waals surface area (Å²) in [5.74, 6) is 0.854. The van der Waals surface area contributed by atoms with Gasteiger partial charge in [0.15, 0.2) is 0 Å². The van der Waals surface area contributed by atoms with Crippen LogP contribution in [0.1, 0.15) is 18.5 Å². The average Bonchev–Trinajstić information content (AvgIpc) is 3.09. The summed E-state index contributed by atoms with van der Waals surface area (Å²) in [6.45, 7) is 3.41. The van der Waals surface area contributed by atoms with E-state index in [0.29, 0.717) is 0 Å². The topological polar surface area (TPSA) is 47.0 Å². The number of nitrogens with zero attached hydrogens (tertiary/aromatic N) is 2. The summed E-state index contributed by atoms with van der Waals surface area (Å²) in [6, 6.07) is 1.91. The molecular formula is C11H17N3O. The van der Waals surface area contributed by atoms with Gasteiger partial charge >= 0.3 is 0 Å². The molecule has 0 amide bonds. The molecule has 0 radical (unpaired) electrons. The van der Waals surface area contributed by atoms with Crippen LogP contribution in [0, 0.1) is 5.92 Å². The van der Waals surface area contributed by atoms with Gasteiger partial charge in [-0.05, 0) is 24.8 Å². The number of hydrogen-bond acceptors (Lipinski definition) is 4. The Morgan fingerprint density at radius 3 is 3.13 bits per heavy atom. The lowest BCUT2D eigenvalue weighted by atomic mass is 10.4. The maximum absolute atomic E-state index is 5.50. The first-order valence-electron chi connectivity index (χ1n) is 5.48. The van der Waals surface area contributed by atoms with E-state index in [-0.39, 0.29) is 0 Å². The van der Waals surface area contributed by atoms with Gasteiger partial charge in [-0.15, -0.1) is 0 Å². The van der Waals surface area contributed by atoms with Gasteiger partial charge in [0, 0.05) is 25.9 Å². The summed E-state index contributed by atoms with van der Waals surface area (Å²) in [5.41, 5.74) is 1.02. The van der Waals surface area contributed by atoms with Crippen LogP contribution in [-0.4, -0.2) is 29.7 Å². The zero-order valence-corrected chi connectivity index (χ0v) is 8.85. The minimum Gasteiger partial charge on any atom is -0.380 e. The van der Waals surface area contributed by atoms with Crippen molar-refractivity contribution in [2.45, 2.75) is 19.4 Å². The maximum Gasteiger partial charge on any atom is 0.115 e. The quantitative estimate of drug-likeness (QED) is 0.677. The maximum atomic E-state index is 5.50. The third-order valence-corrected chi connectivity index (χ3v) is 2.42. The molecule has 1 fully saturated rings. The predicted octanol–water partition coefficient (Wildman–Crippen LogP) is 0.993. The highest BCUT2D eigenvalue weighted by atomic mass is 16.5. The SMILES string of the molecule is c1cc(CNCCOCC2CC2)ncn1. The average molecular weight is 207 g/mol. The molecule has 4 heteroatoms. The van der Waals surface area contributed by atoms with E-state index >= 15 is 0 Å². The monoisotopic (exact) mass is 207 g/mol. The summed E-state index contributed by atoms with van der Waals surface area (Å²) in [6.07, 6.45) is 6.04. The molecule has 1 aliphatic carbocycles. The van der Waals surface area contributed by atoms with Crippen molar-refractivity contribution in [3.8, 4) is 0 Å². The Labute approximate surface area is 90.1 Å². The van der Waals surface area contributed by atoms with E-state index in [1.54, 1.807) is 12.5 Å². The molecule has 1 N–H and O–H groups in total. The molecule has 4 nitrogen and oxygen atoms in total. The first-order chi connectivity index (χ1) is 7.45. The predicted molar refractivity (Wildman–Crippen MR) is 57.3 cm³/mol. The standard InChI is InChI=1S/C11H17N3O/c1-2-10(1)8-15-6-5-12-7-11-3-4-13-9-14-11/h3-4,9-10,12H,1-2,5-8H2. The normalized spacial score (nSPS) is 15.5. The van der Waals surface area contributed by atoms with Crippen molar-refractivity contribution in [3.05, 3.63) is 24.3 Å². The van der Waals surface area contributed by atoms with E-state index < -0.39 is 0 Å². The Morgan fingerprint density at radius 2 is 2.40 bits per heavy atom. The second-order valence-electron chi connectivity index (χ2n) is 3.90. The molecule has 1 aromatic rings. The largest absolute Gasteiger partial charge is 0.380 e. The summed E-state index contributed by atoms with van der Waals surface area (Å²) in [7, 11) is 0. The van der Waals surface area contributed by atoms with Crippen LogP contribution in [-0.2, 0) is 11.3 Å². The first kappa shape index (κ1) is 10.5. The van der Waals surface area contributed by atoms with Crippen LogP contribution >= 0.6 is 0 Å². The van der Waals surface area contributed by atoms with Crippen LogP contribution in [0.5, 0.6) is 0 Å². The van der Waals surface area contributed by atoms with Crippen molar-refractivity contribution in [3.63, 3.8) is 0 Å². The second-order valence-corrected chi connectivity index (χ2v) is 3.90. The zero-order chi connectivity index (χ0) is 10.3. The van der Waals surface area contributed by atoms with Gasteiger partial charge < -0.3 is 10.1 Å². The summed E-state index contributed by atoms with van der Waals surface area (Å²) >= 11 is 0.